The number of nitriles is 1. The van der Waals surface area contributed by atoms with Crippen molar-refractivity contribution in [2.75, 3.05) is 38.0 Å². The molecule has 2 aliphatic rings. The lowest BCUT2D eigenvalue weighted by Crippen LogP contribution is -2.54. The number of nitrogens with one attached hydrogen (secondary N) is 2. The van der Waals surface area contributed by atoms with Crippen LogP contribution in [0.25, 0.3) is 0 Å². The fourth-order valence-corrected chi connectivity index (χ4v) is 5.45. The van der Waals surface area contributed by atoms with Crippen LogP contribution in [0.5, 0.6) is 0 Å². The maximum Gasteiger partial charge on any atom is 0.242 e. The van der Waals surface area contributed by atoms with Crippen molar-refractivity contribution in [2.24, 2.45) is 0 Å². The SMILES string of the molecule is CC(C)NC(=O)CN1CCN(C(C)C(=O)Nc2sc3c(c2C#N)CCCCC3)CC1. The molecule has 1 fully saturated rings. The van der Waals surface area contributed by atoms with Gasteiger partial charge in [-0.25, -0.2) is 0 Å². The van der Waals surface area contributed by atoms with E-state index < -0.39 is 0 Å². The summed E-state index contributed by atoms with van der Waals surface area (Å²) in [6.45, 7) is 9.25. The van der Waals surface area contributed by atoms with Crippen LogP contribution in [0.4, 0.5) is 5.00 Å². The van der Waals surface area contributed by atoms with Crippen molar-refractivity contribution >= 4 is 28.2 Å². The summed E-state index contributed by atoms with van der Waals surface area (Å²) in [5, 5.41) is 16.3. The van der Waals surface area contributed by atoms with Gasteiger partial charge in [-0.3, -0.25) is 19.4 Å². The highest BCUT2D eigenvalue weighted by Crippen LogP contribution is 2.37. The van der Waals surface area contributed by atoms with E-state index >= 15 is 0 Å². The van der Waals surface area contributed by atoms with Crippen LogP contribution in [0.15, 0.2) is 0 Å². The minimum absolute atomic E-state index is 0.0470. The van der Waals surface area contributed by atoms with Gasteiger partial charge in [0.15, 0.2) is 0 Å². The number of fused-ring (bicyclic) bond motifs is 1. The molecular formula is C22H33N5O2S. The fraction of sp³-hybridized carbons (Fsp3) is 0.682. The van der Waals surface area contributed by atoms with Gasteiger partial charge in [-0.05, 0) is 52.0 Å². The van der Waals surface area contributed by atoms with Crippen LogP contribution < -0.4 is 10.6 Å². The maximum absolute atomic E-state index is 12.9. The Labute approximate surface area is 183 Å². The van der Waals surface area contributed by atoms with E-state index in [2.05, 4.69) is 26.5 Å². The molecule has 164 valence electrons. The van der Waals surface area contributed by atoms with Gasteiger partial charge in [0.05, 0.1) is 18.2 Å². The molecular weight excluding hydrogens is 398 g/mol. The zero-order valence-electron chi connectivity index (χ0n) is 18.3. The summed E-state index contributed by atoms with van der Waals surface area (Å²) in [5.41, 5.74) is 1.81. The monoisotopic (exact) mass is 431 g/mol. The number of anilines is 1. The van der Waals surface area contributed by atoms with Crippen LogP contribution in [0.1, 0.15) is 56.0 Å². The molecule has 1 atom stereocenters. The zero-order valence-corrected chi connectivity index (χ0v) is 19.1. The van der Waals surface area contributed by atoms with Crippen molar-refractivity contribution in [1.82, 2.24) is 15.1 Å². The maximum atomic E-state index is 12.9. The molecule has 0 radical (unpaired) electrons. The Bertz CT molecular complexity index is 805. The van der Waals surface area contributed by atoms with Crippen molar-refractivity contribution in [2.45, 2.75) is 65.0 Å². The molecule has 1 unspecified atom stereocenters. The van der Waals surface area contributed by atoms with Crippen molar-refractivity contribution in [3.63, 3.8) is 0 Å². The molecule has 0 spiro atoms. The molecule has 2 N–H and O–H groups in total. The second-order valence-electron chi connectivity index (χ2n) is 8.58. The van der Waals surface area contributed by atoms with E-state index in [4.69, 9.17) is 0 Å². The Kier molecular flexibility index (Phi) is 7.87. The summed E-state index contributed by atoms with van der Waals surface area (Å²) in [5.74, 6) is -0.0142. The first kappa shape index (κ1) is 22.7. The van der Waals surface area contributed by atoms with Gasteiger partial charge in [0.25, 0.3) is 0 Å². The number of hydrogen-bond acceptors (Lipinski definition) is 6. The van der Waals surface area contributed by atoms with Crippen molar-refractivity contribution in [1.29, 1.82) is 5.26 Å². The normalized spacial score (nSPS) is 18.9. The lowest BCUT2D eigenvalue weighted by molar-refractivity contribution is -0.125. The summed E-state index contributed by atoms with van der Waals surface area (Å²) in [6, 6.07) is 2.20. The van der Waals surface area contributed by atoms with Gasteiger partial charge in [0, 0.05) is 37.1 Å². The molecule has 0 aromatic carbocycles. The summed E-state index contributed by atoms with van der Waals surface area (Å²) < 4.78 is 0. The molecule has 1 aliphatic carbocycles. The van der Waals surface area contributed by atoms with Gasteiger partial charge < -0.3 is 10.6 Å². The molecule has 30 heavy (non-hydrogen) atoms. The Hall–Kier alpha value is -1.95. The summed E-state index contributed by atoms with van der Waals surface area (Å²) in [4.78, 5) is 30.4. The third-order valence-electron chi connectivity index (χ3n) is 5.92. The molecule has 0 bridgehead atoms. The van der Waals surface area contributed by atoms with E-state index in [-0.39, 0.29) is 23.9 Å². The second kappa shape index (κ2) is 10.4. The van der Waals surface area contributed by atoms with E-state index in [9.17, 15) is 14.9 Å². The topological polar surface area (TPSA) is 88.5 Å². The lowest BCUT2D eigenvalue weighted by Gasteiger charge is -2.37. The number of amides is 2. The minimum atomic E-state index is -0.273. The molecule has 1 saturated heterocycles. The highest BCUT2D eigenvalue weighted by molar-refractivity contribution is 7.16. The Morgan fingerprint density at radius 1 is 1.10 bits per heavy atom. The van der Waals surface area contributed by atoms with Crippen LogP contribution in [-0.2, 0) is 22.4 Å². The lowest BCUT2D eigenvalue weighted by atomic mass is 10.1. The fourth-order valence-electron chi connectivity index (χ4n) is 4.21. The number of nitrogens with zero attached hydrogens (tertiary/aromatic N) is 3. The highest BCUT2D eigenvalue weighted by atomic mass is 32.1. The van der Waals surface area contributed by atoms with Gasteiger partial charge in [-0.1, -0.05) is 6.42 Å². The summed E-state index contributed by atoms with van der Waals surface area (Å²) in [6.07, 6.45) is 5.42. The third kappa shape index (κ3) is 5.60. The smallest absolute Gasteiger partial charge is 0.242 e. The number of carbonyl (C=O) groups is 2. The van der Waals surface area contributed by atoms with E-state index in [0.717, 1.165) is 57.4 Å². The molecule has 2 amide bonds. The Balaban J connectivity index is 1.55. The summed E-state index contributed by atoms with van der Waals surface area (Å²) in [7, 11) is 0. The number of carbonyl (C=O) groups excluding carboxylic acids is 2. The number of thiophene rings is 1. The van der Waals surface area contributed by atoms with Gasteiger partial charge in [-0.2, -0.15) is 5.26 Å². The average Bonchev–Trinajstić information content (AvgIpc) is 2.86. The zero-order chi connectivity index (χ0) is 21.7. The highest BCUT2D eigenvalue weighted by Gasteiger charge is 2.28. The molecule has 0 saturated carbocycles. The first-order valence-corrected chi connectivity index (χ1v) is 11.8. The van der Waals surface area contributed by atoms with Gasteiger partial charge in [-0.15, -0.1) is 11.3 Å². The molecule has 1 aliphatic heterocycles. The van der Waals surface area contributed by atoms with Crippen molar-refractivity contribution in [3.05, 3.63) is 16.0 Å². The van der Waals surface area contributed by atoms with Gasteiger partial charge in [0.1, 0.15) is 11.1 Å². The number of rotatable bonds is 6. The molecule has 1 aromatic rings. The Morgan fingerprint density at radius 3 is 2.47 bits per heavy atom. The standard InChI is InChI=1S/C22H33N5O2S/c1-15(2)24-20(28)14-26-9-11-27(12-10-26)16(3)21(29)25-22-18(13-23)17-7-5-4-6-8-19(17)30-22/h15-16H,4-12,14H2,1-3H3,(H,24,28)(H,25,29). The van der Waals surface area contributed by atoms with Crippen molar-refractivity contribution in [3.8, 4) is 6.07 Å². The average molecular weight is 432 g/mol. The first-order chi connectivity index (χ1) is 14.4. The Morgan fingerprint density at radius 2 is 1.80 bits per heavy atom. The third-order valence-corrected chi connectivity index (χ3v) is 7.13. The van der Waals surface area contributed by atoms with E-state index in [0.29, 0.717) is 17.1 Å². The number of piperazine rings is 1. The molecule has 8 heteroatoms. The largest absolute Gasteiger partial charge is 0.353 e. The van der Waals surface area contributed by atoms with Gasteiger partial charge >= 0.3 is 0 Å². The molecule has 7 nitrogen and oxygen atoms in total. The predicted molar refractivity (Wildman–Crippen MR) is 120 cm³/mol. The summed E-state index contributed by atoms with van der Waals surface area (Å²) >= 11 is 1.58. The van der Waals surface area contributed by atoms with E-state index in [1.165, 1.54) is 11.3 Å². The predicted octanol–water partition coefficient (Wildman–Crippen LogP) is 2.36. The minimum Gasteiger partial charge on any atom is -0.353 e. The van der Waals surface area contributed by atoms with Gasteiger partial charge in [0.2, 0.25) is 11.8 Å². The quantitative estimate of drug-likeness (QED) is 0.675. The van der Waals surface area contributed by atoms with Crippen LogP contribution in [-0.4, -0.2) is 66.4 Å². The second-order valence-corrected chi connectivity index (χ2v) is 9.69. The molecule has 2 heterocycles. The first-order valence-electron chi connectivity index (χ1n) is 11.0. The molecule has 1 aromatic heterocycles. The van der Waals surface area contributed by atoms with Crippen LogP contribution >= 0.6 is 11.3 Å². The molecule has 3 rings (SSSR count). The van der Waals surface area contributed by atoms with E-state index in [1.807, 2.05) is 20.8 Å². The van der Waals surface area contributed by atoms with E-state index in [1.54, 1.807) is 11.3 Å². The van der Waals surface area contributed by atoms with Crippen LogP contribution in [0, 0.1) is 11.3 Å². The van der Waals surface area contributed by atoms with Crippen molar-refractivity contribution < 1.29 is 9.59 Å². The number of aryl methyl sites for hydroxylation is 1. The van der Waals surface area contributed by atoms with Crippen LogP contribution in [0.2, 0.25) is 0 Å². The van der Waals surface area contributed by atoms with Crippen LogP contribution in [0.3, 0.4) is 0 Å². The number of hydrogen-bond donors (Lipinski definition) is 2.